The second-order valence-electron chi connectivity index (χ2n) is 3.47. The van der Waals surface area contributed by atoms with Crippen molar-refractivity contribution in [2.45, 2.75) is 12.5 Å². The molecule has 1 unspecified atom stereocenters. The van der Waals surface area contributed by atoms with Crippen LogP contribution in [0.3, 0.4) is 0 Å². The summed E-state index contributed by atoms with van der Waals surface area (Å²) < 4.78 is 13.0. The maximum Gasteiger partial charge on any atom is 0.123 e. The van der Waals surface area contributed by atoms with Crippen molar-refractivity contribution in [3.8, 4) is 0 Å². The van der Waals surface area contributed by atoms with Gasteiger partial charge < -0.3 is 5.11 Å². The monoisotopic (exact) mass is 256 g/mol. The van der Waals surface area contributed by atoms with Gasteiger partial charge in [-0.1, -0.05) is 17.7 Å². The predicted molar refractivity (Wildman–Crippen MR) is 64.4 cm³/mol. The van der Waals surface area contributed by atoms with E-state index in [9.17, 15) is 9.50 Å². The van der Waals surface area contributed by atoms with Crippen molar-refractivity contribution in [3.63, 3.8) is 0 Å². The van der Waals surface area contributed by atoms with E-state index in [4.69, 9.17) is 11.6 Å². The number of aliphatic hydroxyl groups is 1. The minimum Gasteiger partial charge on any atom is -0.387 e. The molecule has 0 fully saturated rings. The van der Waals surface area contributed by atoms with Gasteiger partial charge in [-0.25, -0.2) is 4.39 Å². The molecule has 84 valence electrons. The van der Waals surface area contributed by atoms with Crippen molar-refractivity contribution in [2.75, 3.05) is 0 Å². The van der Waals surface area contributed by atoms with E-state index in [0.717, 1.165) is 4.88 Å². The zero-order valence-electron chi connectivity index (χ0n) is 8.36. The number of hydrogen-bond donors (Lipinski definition) is 1. The van der Waals surface area contributed by atoms with E-state index < -0.39 is 6.10 Å². The Balaban J connectivity index is 2.17. The van der Waals surface area contributed by atoms with Crippen molar-refractivity contribution in [1.82, 2.24) is 0 Å². The largest absolute Gasteiger partial charge is 0.387 e. The number of halogens is 2. The first-order valence-electron chi connectivity index (χ1n) is 4.82. The summed E-state index contributed by atoms with van der Waals surface area (Å²) in [7, 11) is 0. The maximum atomic E-state index is 13.0. The lowest BCUT2D eigenvalue weighted by atomic mass is 10.1. The van der Waals surface area contributed by atoms with E-state index in [1.165, 1.54) is 29.5 Å². The molecule has 0 bridgehead atoms. The lowest BCUT2D eigenvalue weighted by molar-refractivity contribution is 0.182. The third-order valence-corrected chi connectivity index (χ3v) is 3.63. The Bertz CT molecular complexity index is 470. The van der Waals surface area contributed by atoms with E-state index in [0.29, 0.717) is 17.0 Å². The van der Waals surface area contributed by atoms with Crippen LogP contribution in [0.1, 0.15) is 16.5 Å². The fourth-order valence-electron chi connectivity index (χ4n) is 1.49. The molecule has 0 radical (unpaired) electrons. The van der Waals surface area contributed by atoms with E-state index >= 15 is 0 Å². The molecule has 1 nitrogen and oxygen atoms in total. The highest BCUT2D eigenvalue weighted by Crippen LogP contribution is 2.26. The van der Waals surface area contributed by atoms with Gasteiger partial charge in [-0.3, -0.25) is 0 Å². The Labute approximate surface area is 102 Å². The van der Waals surface area contributed by atoms with E-state index in [1.807, 2.05) is 17.5 Å². The smallest absolute Gasteiger partial charge is 0.123 e. The summed E-state index contributed by atoms with van der Waals surface area (Å²) in [4.78, 5) is 0.861. The predicted octanol–water partition coefficient (Wildman–Crippen LogP) is 3.82. The fraction of sp³-hybridized carbons (Fsp3) is 0.167. The summed E-state index contributed by atoms with van der Waals surface area (Å²) in [6, 6.07) is 7.90. The summed E-state index contributed by atoms with van der Waals surface area (Å²) in [6.45, 7) is 0. The highest BCUT2D eigenvalue weighted by molar-refractivity contribution is 7.10. The number of aliphatic hydroxyl groups excluding tert-OH is 1. The molecule has 0 aliphatic heterocycles. The lowest BCUT2D eigenvalue weighted by Gasteiger charge is -2.10. The van der Waals surface area contributed by atoms with Crippen LogP contribution in [0.15, 0.2) is 35.7 Å². The minimum atomic E-state index is -0.626. The van der Waals surface area contributed by atoms with Crippen molar-refractivity contribution in [2.24, 2.45) is 0 Å². The fourth-order valence-corrected chi connectivity index (χ4v) is 2.40. The normalized spacial score (nSPS) is 12.7. The zero-order chi connectivity index (χ0) is 11.5. The van der Waals surface area contributed by atoms with Gasteiger partial charge in [-0.05, 0) is 35.2 Å². The lowest BCUT2D eigenvalue weighted by Crippen LogP contribution is -2.00. The average molecular weight is 257 g/mol. The third kappa shape index (κ3) is 2.61. The molecule has 1 aromatic carbocycles. The molecule has 0 amide bonds. The van der Waals surface area contributed by atoms with Crippen molar-refractivity contribution in [3.05, 3.63) is 57.0 Å². The molecule has 0 aliphatic carbocycles. The summed E-state index contributed by atoms with van der Waals surface area (Å²) >= 11 is 7.40. The van der Waals surface area contributed by atoms with Gasteiger partial charge in [0.1, 0.15) is 5.82 Å². The average Bonchev–Trinajstić information content (AvgIpc) is 2.76. The van der Waals surface area contributed by atoms with Crippen LogP contribution in [0.25, 0.3) is 0 Å². The molecule has 1 atom stereocenters. The molecule has 16 heavy (non-hydrogen) atoms. The first-order valence-corrected chi connectivity index (χ1v) is 6.08. The Morgan fingerprint density at radius 3 is 2.88 bits per heavy atom. The van der Waals surface area contributed by atoms with Crippen LogP contribution in [-0.2, 0) is 6.42 Å². The van der Waals surface area contributed by atoms with Gasteiger partial charge >= 0.3 is 0 Å². The highest BCUT2D eigenvalue weighted by atomic mass is 35.5. The van der Waals surface area contributed by atoms with E-state index in [2.05, 4.69) is 0 Å². The molecule has 4 heteroatoms. The van der Waals surface area contributed by atoms with Crippen LogP contribution in [0.2, 0.25) is 5.02 Å². The number of thiophene rings is 1. The molecule has 0 aliphatic rings. The molecule has 2 aromatic rings. The molecule has 1 heterocycles. The standard InChI is InChI=1S/C12H10ClFOS/c13-10-4-3-9(14)6-8(10)7-11(15)12-2-1-5-16-12/h1-6,11,15H,7H2. The summed E-state index contributed by atoms with van der Waals surface area (Å²) in [5.74, 6) is -0.335. The second-order valence-corrected chi connectivity index (χ2v) is 4.86. The summed E-state index contributed by atoms with van der Waals surface area (Å²) in [5, 5.41) is 12.3. The van der Waals surface area contributed by atoms with Crippen LogP contribution in [-0.4, -0.2) is 5.11 Å². The first kappa shape index (κ1) is 11.6. The number of rotatable bonds is 3. The van der Waals surface area contributed by atoms with Crippen LogP contribution in [0.5, 0.6) is 0 Å². The molecule has 1 aromatic heterocycles. The van der Waals surface area contributed by atoms with Crippen molar-refractivity contribution < 1.29 is 9.50 Å². The van der Waals surface area contributed by atoms with Gasteiger partial charge in [0, 0.05) is 16.3 Å². The van der Waals surface area contributed by atoms with Gasteiger partial charge in [0.25, 0.3) is 0 Å². The minimum absolute atomic E-state index is 0.330. The Hall–Kier alpha value is -0.900. The third-order valence-electron chi connectivity index (χ3n) is 2.29. The van der Waals surface area contributed by atoms with Crippen LogP contribution in [0, 0.1) is 5.82 Å². The molecule has 1 N–H and O–H groups in total. The van der Waals surface area contributed by atoms with E-state index in [-0.39, 0.29) is 5.82 Å². The SMILES string of the molecule is OC(Cc1cc(F)ccc1Cl)c1cccs1. The van der Waals surface area contributed by atoms with Crippen molar-refractivity contribution >= 4 is 22.9 Å². The van der Waals surface area contributed by atoms with Gasteiger partial charge in [0.2, 0.25) is 0 Å². The Kier molecular flexibility index (Phi) is 3.59. The first-order chi connectivity index (χ1) is 7.66. The molecule has 2 rings (SSSR count). The number of hydrogen-bond acceptors (Lipinski definition) is 2. The van der Waals surface area contributed by atoms with Crippen LogP contribution >= 0.6 is 22.9 Å². The van der Waals surface area contributed by atoms with Crippen molar-refractivity contribution in [1.29, 1.82) is 0 Å². The Morgan fingerprint density at radius 1 is 1.38 bits per heavy atom. The molecule has 0 saturated heterocycles. The Morgan fingerprint density at radius 2 is 2.19 bits per heavy atom. The summed E-state index contributed by atoms with van der Waals surface area (Å²) in [6.07, 6.45) is -0.295. The van der Waals surface area contributed by atoms with Gasteiger partial charge in [0.15, 0.2) is 0 Å². The molecular formula is C12H10ClFOS. The highest BCUT2D eigenvalue weighted by Gasteiger charge is 2.12. The van der Waals surface area contributed by atoms with Crippen LogP contribution < -0.4 is 0 Å². The van der Waals surface area contributed by atoms with Crippen LogP contribution in [0.4, 0.5) is 4.39 Å². The number of benzene rings is 1. The molecule has 0 saturated carbocycles. The zero-order valence-corrected chi connectivity index (χ0v) is 9.93. The van der Waals surface area contributed by atoms with Gasteiger partial charge in [-0.2, -0.15) is 0 Å². The summed E-state index contributed by atoms with van der Waals surface area (Å²) in [5.41, 5.74) is 0.627. The van der Waals surface area contributed by atoms with Gasteiger partial charge in [-0.15, -0.1) is 11.3 Å². The second kappa shape index (κ2) is 4.95. The van der Waals surface area contributed by atoms with E-state index in [1.54, 1.807) is 0 Å². The topological polar surface area (TPSA) is 20.2 Å². The maximum absolute atomic E-state index is 13.0. The molecular weight excluding hydrogens is 247 g/mol. The quantitative estimate of drug-likeness (QED) is 0.885. The van der Waals surface area contributed by atoms with Gasteiger partial charge in [0.05, 0.1) is 6.10 Å². The molecule has 0 spiro atoms.